The second-order valence-electron chi connectivity index (χ2n) is 29.0. The number of phosphoric acid groups is 2. The number of aliphatic hydroxyl groups is 1. The van der Waals surface area contributed by atoms with Gasteiger partial charge in [0.25, 0.3) is 0 Å². The average molecular weight is 1430 g/mol. The molecule has 0 saturated heterocycles. The molecule has 6 atom stereocenters. The number of unbranched alkanes of at least 4 members (excludes halogenated alkanes) is 39. The Kier molecular flexibility index (Phi) is 67.2. The molecular formula is C79H150O17P2. The zero-order valence-corrected chi connectivity index (χ0v) is 65.5. The Morgan fingerprint density at radius 2 is 0.602 bits per heavy atom. The fourth-order valence-corrected chi connectivity index (χ4v) is 13.1. The number of aliphatic hydroxyl groups excluding tert-OH is 1. The van der Waals surface area contributed by atoms with Crippen LogP contribution in [0.25, 0.3) is 0 Å². The second kappa shape index (κ2) is 68.9. The zero-order valence-electron chi connectivity index (χ0n) is 63.7. The van der Waals surface area contributed by atoms with E-state index in [1.165, 1.54) is 173 Å². The van der Waals surface area contributed by atoms with Crippen LogP contribution in [-0.2, 0) is 65.4 Å². The summed E-state index contributed by atoms with van der Waals surface area (Å²) < 4.78 is 68.6. The number of rotatable bonds is 75. The lowest BCUT2D eigenvalue weighted by Crippen LogP contribution is -2.30. The van der Waals surface area contributed by atoms with Gasteiger partial charge in [-0.15, -0.1) is 0 Å². The van der Waals surface area contributed by atoms with Gasteiger partial charge in [-0.25, -0.2) is 9.13 Å². The summed E-state index contributed by atoms with van der Waals surface area (Å²) in [5.41, 5.74) is 0. The molecule has 19 heteroatoms. The highest BCUT2D eigenvalue weighted by Crippen LogP contribution is 2.45. The van der Waals surface area contributed by atoms with Gasteiger partial charge in [0.15, 0.2) is 12.2 Å². The maximum absolute atomic E-state index is 13.1. The minimum absolute atomic E-state index is 0.0850. The van der Waals surface area contributed by atoms with Crippen LogP contribution in [-0.4, -0.2) is 96.7 Å². The van der Waals surface area contributed by atoms with E-state index in [1.807, 2.05) is 0 Å². The van der Waals surface area contributed by atoms with Crippen molar-refractivity contribution in [2.45, 2.75) is 401 Å². The van der Waals surface area contributed by atoms with Gasteiger partial charge in [-0.3, -0.25) is 37.3 Å². The summed E-state index contributed by atoms with van der Waals surface area (Å²) in [5, 5.41) is 10.6. The van der Waals surface area contributed by atoms with Crippen LogP contribution in [0.15, 0.2) is 24.3 Å². The number of hydrogen-bond acceptors (Lipinski definition) is 15. The Morgan fingerprint density at radius 1 is 0.337 bits per heavy atom. The summed E-state index contributed by atoms with van der Waals surface area (Å²) in [7, 11) is -9.93. The van der Waals surface area contributed by atoms with Gasteiger partial charge < -0.3 is 33.8 Å². The van der Waals surface area contributed by atoms with E-state index in [0.29, 0.717) is 25.7 Å². The Balaban J connectivity index is 5.28. The van der Waals surface area contributed by atoms with E-state index in [-0.39, 0.29) is 25.7 Å². The highest BCUT2D eigenvalue weighted by Gasteiger charge is 2.30. The maximum Gasteiger partial charge on any atom is 0.472 e. The number of ether oxygens (including phenoxy) is 4. The highest BCUT2D eigenvalue weighted by atomic mass is 31.2. The first-order valence-corrected chi connectivity index (χ1v) is 43.2. The molecule has 578 valence electrons. The third-order valence-corrected chi connectivity index (χ3v) is 20.0. The topological polar surface area (TPSA) is 237 Å². The molecule has 0 amide bonds. The van der Waals surface area contributed by atoms with Crippen molar-refractivity contribution in [1.82, 2.24) is 0 Å². The van der Waals surface area contributed by atoms with Crippen molar-refractivity contribution >= 4 is 39.5 Å². The number of esters is 4. The predicted octanol–water partition coefficient (Wildman–Crippen LogP) is 22.9. The summed E-state index contributed by atoms with van der Waals surface area (Å²) in [6, 6.07) is 0. The molecule has 0 aliphatic carbocycles. The van der Waals surface area contributed by atoms with Crippen molar-refractivity contribution in [2.75, 3.05) is 39.6 Å². The molecular weight excluding hydrogens is 1280 g/mol. The molecule has 17 nitrogen and oxygen atoms in total. The third kappa shape index (κ3) is 70.6. The molecule has 0 aromatic rings. The summed E-state index contributed by atoms with van der Waals surface area (Å²) in [6.45, 7) is 11.8. The zero-order chi connectivity index (χ0) is 72.3. The van der Waals surface area contributed by atoms with E-state index in [4.69, 9.17) is 37.0 Å². The lowest BCUT2D eigenvalue weighted by atomic mass is 10.00. The molecule has 0 aliphatic heterocycles. The SMILES string of the molecule is CCCCCC/C=C\C=C/CCCCCCCC(=O)O[C@H](COC(=O)CCCCCCCCCCCCCCCCCC(C)C)COP(=O)(O)OC[C@@H](O)COP(=O)(O)OC[C@@H](COC(=O)CCCCCCCCC(C)CC)OC(=O)CCCCCCCCCCCCCCC(C)C. The van der Waals surface area contributed by atoms with Crippen molar-refractivity contribution in [2.24, 2.45) is 17.8 Å². The first-order chi connectivity index (χ1) is 47.3. The molecule has 0 aromatic carbocycles. The van der Waals surface area contributed by atoms with E-state index < -0.39 is 97.5 Å². The van der Waals surface area contributed by atoms with E-state index in [2.05, 4.69) is 72.8 Å². The van der Waals surface area contributed by atoms with Crippen LogP contribution in [0.4, 0.5) is 0 Å². The quantitative estimate of drug-likeness (QED) is 0.0169. The summed E-state index contributed by atoms with van der Waals surface area (Å²) in [5.74, 6) is 0.163. The van der Waals surface area contributed by atoms with Gasteiger partial charge in [0.1, 0.15) is 19.3 Å². The van der Waals surface area contributed by atoms with E-state index in [0.717, 1.165) is 127 Å². The van der Waals surface area contributed by atoms with Crippen molar-refractivity contribution in [3.8, 4) is 0 Å². The number of carbonyl (C=O) groups excluding carboxylic acids is 4. The van der Waals surface area contributed by atoms with Gasteiger partial charge in [-0.1, -0.05) is 330 Å². The largest absolute Gasteiger partial charge is 0.472 e. The Labute approximate surface area is 599 Å². The van der Waals surface area contributed by atoms with Crippen LogP contribution in [0.5, 0.6) is 0 Å². The van der Waals surface area contributed by atoms with Crippen molar-refractivity contribution in [3.63, 3.8) is 0 Å². The van der Waals surface area contributed by atoms with E-state index in [9.17, 15) is 43.2 Å². The lowest BCUT2D eigenvalue weighted by Gasteiger charge is -2.21. The highest BCUT2D eigenvalue weighted by molar-refractivity contribution is 7.47. The Hall–Kier alpha value is -2.46. The van der Waals surface area contributed by atoms with E-state index >= 15 is 0 Å². The smallest absolute Gasteiger partial charge is 0.462 e. The van der Waals surface area contributed by atoms with Gasteiger partial charge in [0.05, 0.1) is 26.4 Å². The van der Waals surface area contributed by atoms with Crippen LogP contribution in [0.3, 0.4) is 0 Å². The molecule has 0 spiro atoms. The molecule has 98 heavy (non-hydrogen) atoms. The molecule has 0 radical (unpaired) electrons. The molecule has 3 unspecified atom stereocenters. The van der Waals surface area contributed by atoms with Gasteiger partial charge >= 0.3 is 39.5 Å². The molecule has 0 heterocycles. The van der Waals surface area contributed by atoms with Gasteiger partial charge in [-0.05, 0) is 69.1 Å². The summed E-state index contributed by atoms with van der Waals surface area (Å²) in [6.07, 6.45) is 59.1. The van der Waals surface area contributed by atoms with Crippen molar-refractivity contribution < 1.29 is 80.2 Å². The number of allylic oxidation sites excluding steroid dienone is 4. The fourth-order valence-electron chi connectivity index (χ4n) is 11.6. The third-order valence-electron chi connectivity index (χ3n) is 18.1. The summed E-state index contributed by atoms with van der Waals surface area (Å²) in [4.78, 5) is 72.9. The van der Waals surface area contributed by atoms with Crippen LogP contribution in [0.1, 0.15) is 382 Å². The number of hydrogen-bond donors (Lipinski definition) is 3. The van der Waals surface area contributed by atoms with Crippen LogP contribution in [0.2, 0.25) is 0 Å². The van der Waals surface area contributed by atoms with E-state index in [1.54, 1.807) is 0 Å². The minimum Gasteiger partial charge on any atom is -0.462 e. The Bertz CT molecular complexity index is 2000. The molecule has 3 N–H and O–H groups in total. The summed E-state index contributed by atoms with van der Waals surface area (Å²) >= 11 is 0. The van der Waals surface area contributed by atoms with Crippen molar-refractivity contribution in [1.29, 1.82) is 0 Å². The lowest BCUT2D eigenvalue weighted by molar-refractivity contribution is -0.161. The monoisotopic (exact) mass is 1430 g/mol. The maximum atomic E-state index is 13.1. The Morgan fingerprint density at radius 3 is 0.908 bits per heavy atom. The van der Waals surface area contributed by atoms with Gasteiger partial charge in [0.2, 0.25) is 0 Å². The number of phosphoric ester groups is 2. The average Bonchev–Trinajstić information content (AvgIpc) is 0.979. The predicted molar refractivity (Wildman–Crippen MR) is 400 cm³/mol. The van der Waals surface area contributed by atoms with Gasteiger partial charge in [0, 0.05) is 25.7 Å². The van der Waals surface area contributed by atoms with Crippen LogP contribution < -0.4 is 0 Å². The van der Waals surface area contributed by atoms with Crippen LogP contribution in [0, 0.1) is 17.8 Å². The molecule has 0 fully saturated rings. The first-order valence-electron chi connectivity index (χ1n) is 40.2. The van der Waals surface area contributed by atoms with Gasteiger partial charge in [-0.2, -0.15) is 0 Å². The molecule has 0 aromatic heterocycles. The standard InChI is InChI=1S/C79H150O17P2/c1-8-10-11-12-13-14-15-16-18-23-29-34-39-48-55-62-78(83)95-74(66-89-76(81)60-53-46-38-33-28-22-20-17-19-21-26-31-36-43-50-57-70(3)4)68-93-97(85,86)91-64-73(80)65-92-98(87,88)94-69-75(67-90-77(82)61-54-47-42-41-45-52-59-72(7)9-2)96-79(84)63-56-49-40-35-30-25-24-27-32-37-44-51-58-71(5)6/h14-16,18,70-75,80H,8-13,17,19-69H2,1-7H3,(H,85,86)(H,87,88)/b15-14-,18-16-/t72?,73-,74-,75-/m1/s1. The molecule has 0 rings (SSSR count). The molecule has 0 bridgehead atoms. The molecule has 0 aliphatic rings. The number of carbonyl (C=O) groups is 4. The van der Waals surface area contributed by atoms with Crippen LogP contribution >= 0.6 is 15.6 Å². The molecule has 0 saturated carbocycles. The second-order valence-corrected chi connectivity index (χ2v) is 31.9. The fraction of sp³-hybridized carbons (Fsp3) is 0.899. The minimum atomic E-state index is -4.97. The van der Waals surface area contributed by atoms with Crippen molar-refractivity contribution in [3.05, 3.63) is 24.3 Å². The normalized spacial score (nSPS) is 14.4. The first kappa shape index (κ1) is 95.5.